The summed E-state index contributed by atoms with van der Waals surface area (Å²) in [6, 6.07) is 9.61. The van der Waals surface area contributed by atoms with Crippen LogP contribution in [0.25, 0.3) is 0 Å². The van der Waals surface area contributed by atoms with Crippen LogP contribution in [-0.4, -0.2) is 29.0 Å². The van der Waals surface area contributed by atoms with Crippen LogP contribution in [-0.2, 0) is 6.54 Å². The van der Waals surface area contributed by atoms with Crippen LogP contribution < -0.4 is 10.1 Å². The summed E-state index contributed by atoms with van der Waals surface area (Å²) in [5, 5.41) is 16.5. The third-order valence-electron chi connectivity index (χ3n) is 3.05. The molecule has 0 fully saturated rings. The summed E-state index contributed by atoms with van der Waals surface area (Å²) >= 11 is 0. The maximum absolute atomic E-state index is 8.82. The Hall–Kier alpha value is -2.32. The first kappa shape index (κ1) is 15.1. The Morgan fingerprint density at radius 1 is 1.48 bits per heavy atom. The van der Waals surface area contributed by atoms with Crippen molar-refractivity contribution in [1.82, 2.24) is 15.1 Å². The summed E-state index contributed by atoms with van der Waals surface area (Å²) in [6.07, 6.45) is 3.89. The van der Waals surface area contributed by atoms with Gasteiger partial charge in [0.05, 0.1) is 24.4 Å². The summed E-state index contributed by atoms with van der Waals surface area (Å²) in [7, 11) is 0. The Bertz CT molecular complexity index is 615. The van der Waals surface area contributed by atoms with E-state index in [1.807, 2.05) is 36.1 Å². The molecule has 5 heteroatoms. The third kappa shape index (κ3) is 4.93. The van der Waals surface area contributed by atoms with Gasteiger partial charge in [0, 0.05) is 18.8 Å². The van der Waals surface area contributed by atoms with Gasteiger partial charge in [-0.1, -0.05) is 6.07 Å². The van der Waals surface area contributed by atoms with Gasteiger partial charge < -0.3 is 10.1 Å². The second kappa shape index (κ2) is 7.46. The molecule has 0 bridgehead atoms. The minimum absolute atomic E-state index is 0.318. The SMILES string of the molecule is Cc1cnn(CC(C)NCCOc2cccc(C#N)c2)c1. The van der Waals surface area contributed by atoms with Crippen molar-refractivity contribution in [3.63, 3.8) is 0 Å². The lowest BCUT2D eigenvalue weighted by Crippen LogP contribution is -2.33. The Kier molecular flexibility index (Phi) is 5.35. The molecule has 110 valence electrons. The fraction of sp³-hybridized carbons (Fsp3) is 0.375. The molecule has 0 spiro atoms. The number of aromatic nitrogens is 2. The fourth-order valence-electron chi connectivity index (χ4n) is 2.04. The number of ether oxygens (including phenoxy) is 1. The number of nitrogens with zero attached hydrogens (tertiary/aromatic N) is 3. The molecule has 0 aliphatic heterocycles. The minimum Gasteiger partial charge on any atom is -0.492 e. The highest BCUT2D eigenvalue weighted by molar-refractivity contribution is 5.36. The van der Waals surface area contributed by atoms with Crippen molar-refractivity contribution in [2.45, 2.75) is 26.4 Å². The molecule has 2 aromatic rings. The molecule has 21 heavy (non-hydrogen) atoms. The van der Waals surface area contributed by atoms with Gasteiger partial charge in [-0.3, -0.25) is 4.68 Å². The van der Waals surface area contributed by atoms with Crippen molar-refractivity contribution >= 4 is 0 Å². The summed E-state index contributed by atoms with van der Waals surface area (Å²) in [6.45, 7) is 6.30. The Morgan fingerprint density at radius 2 is 2.33 bits per heavy atom. The zero-order chi connectivity index (χ0) is 15.1. The number of rotatable bonds is 7. The van der Waals surface area contributed by atoms with Gasteiger partial charge in [-0.15, -0.1) is 0 Å². The van der Waals surface area contributed by atoms with Crippen LogP contribution >= 0.6 is 0 Å². The normalized spacial score (nSPS) is 11.9. The van der Waals surface area contributed by atoms with Crippen LogP contribution in [0.3, 0.4) is 0 Å². The molecule has 1 aromatic heterocycles. The van der Waals surface area contributed by atoms with Crippen LogP contribution in [0.2, 0.25) is 0 Å². The van der Waals surface area contributed by atoms with E-state index in [1.54, 1.807) is 12.1 Å². The van der Waals surface area contributed by atoms with Crippen molar-refractivity contribution in [2.75, 3.05) is 13.2 Å². The Balaban J connectivity index is 1.68. The highest BCUT2D eigenvalue weighted by atomic mass is 16.5. The molecule has 1 heterocycles. The number of hydrogen-bond donors (Lipinski definition) is 1. The van der Waals surface area contributed by atoms with Gasteiger partial charge >= 0.3 is 0 Å². The molecule has 0 amide bonds. The topological polar surface area (TPSA) is 62.9 Å². The lowest BCUT2D eigenvalue weighted by molar-refractivity contribution is 0.301. The smallest absolute Gasteiger partial charge is 0.120 e. The molecule has 0 aliphatic carbocycles. The van der Waals surface area contributed by atoms with Gasteiger partial charge in [-0.25, -0.2) is 0 Å². The van der Waals surface area contributed by atoms with Crippen LogP contribution in [0.4, 0.5) is 0 Å². The van der Waals surface area contributed by atoms with E-state index >= 15 is 0 Å². The summed E-state index contributed by atoms with van der Waals surface area (Å²) in [5.41, 5.74) is 1.78. The fourth-order valence-corrected chi connectivity index (χ4v) is 2.04. The minimum atomic E-state index is 0.318. The lowest BCUT2D eigenvalue weighted by atomic mass is 10.2. The molecule has 1 N–H and O–H groups in total. The van der Waals surface area contributed by atoms with E-state index in [1.165, 1.54) is 5.56 Å². The second-order valence-corrected chi connectivity index (χ2v) is 5.08. The van der Waals surface area contributed by atoms with Crippen LogP contribution in [0.15, 0.2) is 36.7 Å². The maximum Gasteiger partial charge on any atom is 0.120 e. The third-order valence-corrected chi connectivity index (χ3v) is 3.05. The average molecular weight is 284 g/mol. The number of hydrogen-bond acceptors (Lipinski definition) is 4. The van der Waals surface area contributed by atoms with Crippen molar-refractivity contribution in [2.24, 2.45) is 0 Å². The number of nitriles is 1. The van der Waals surface area contributed by atoms with Gasteiger partial charge in [0.1, 0.15) is 12.4 Å². The highest BCUT2D eigenvalue weighted by Crippen LogP contribution is 2.11. The van der Waals surface area contributed by atoms with Gasteiger partial charge in [0.25, 0.3) is 0 Å². The molecule has 0 saturated heterocycles. The maximum atomic E-state index is 8.82. The molecule has 2 rings (SSSR count). The quantitative estimate of drug-likeness (QED) is 0.791. The van der Waals surface area contributed by atoms with Crippen molar-refractivity contribution in [3.05, 3.63) is 47.8 Å². The molecule has 1 unspecified atom stereocenters. The molecule has 0 aliphatic rings. The summed E-state index contributed by atoms with van der Waals surface area (Å²) in [4.78, 5) is 0. The van der Waals surface area contributed by atoms with E-state index in [9.17, 15) is 0 Å². The van der Waals surface area contributed by atoms with Crippen LogP contribution in [0.5, 0.6) is 5.75 Å². The van der Waals surface area contributed by atoms with Crippen molar-refractivity contribution in [1.29, 1.82) is 5.26 Å². The monoisotopic (exact) mass is 284 g/mol. The van der Waals surface area contributed by atoms with E-state index in [0.717, 1.165) is 18.8 Å². The predicted octanol–water partition coefficient (Wildman–Crippen LogP) is 2.12. The van der Waals surface area contributed by atoms with E-state index in [0.29, 0.717) is 18.2 Å². The highest BCUT2D eigenvalue weighted by Gasteiger charge is 2.03. The number of nitrogens with one attached hydrogen (secondary N) is 1. The first-order chi connectivity index (χ1) is 10.2. The second-order valence-electron chi connectivity index (χ2n) is 5.08. The zero-order valence-electron chi connectivity index (χ0n) is 12.4. The molecule has 5 nitrogen and oxygen atoms in total. The first-order valence-corrected chi connectivity index (χ1v) is 7.03. The molecule has 1 aromatic carbocycles. The molecular weight excluding hydrogens is 264 g/mol. The van der Waals surface area contributed by atoms with Gasteiger partial charge in [-0.05, 0) is 37.6 Å². The predicted molar refractivity (Wildman–Crippen MR) is 81.1 cm³/mol. The van der Waals surface area contributed by atoms with E-state index < -0.39 is 0 Å². The van der Waals surface area contributed by atoms with E-state index in [4.69, 9.17) is 10.00 Å². The van der Waals surface area contributed by atoms with Gasteiger partial charge in [-0.2, -0.15) is 10.4 Å². The van der Waals surface area contributed by atoms with Crippen LogP contribution in [0, 0.1) is 18.3 Å². The molecular formula is C16H20N4O. The Morgan fingerprint density at radius 3 is 3.05 bits per heavy atom. The standard InChI is InChI=1S/C16H20N4O/c1-13-10-19-20(11-13)12-14(2)18-6-7-21-16-5-3-4-15(8-16)9-17/h3-5,8,10-11,14,18H,6-7,12H2,1-2H3. The average Bonchev–Trinajstić information content (AvgIpc) is 2.89. The van der Waals surface area contributed by atoms with Gasteiger partial charge in [0.2, 0.25) is 0 Å². The van der Waals surface area contributed by atoms with Crippen LogP contribution in [0.1, 0.15) is 18.1 Å². The number of aryl methyl sites for hydroxylation is 1. The Labute approximate surface area is 125 Å². The van der Waals surface area contributed by atoms with E-state index in [2.05, 4.69) is 23.4 Å². The summed E-state index contributed by atoms with van der Waals surface area (Å²) < 4.78 is 7.55. The molecule has 1 atom stereocenters. The number of benzene rings is 1. The zero-order valence-corrected chi connectivity index (χ0v) is 12.4. The summed E-state index contributed by atoms with van der Waals surface area (Å²) in [5.74, 6) is 0.728. The molecule has 0 saturated carbocycles. The lowest BCUT2D eigenvalue weighted by Gasteiger charge is -2.14. The van der Waals surface area contributed by atoms with E-state index in [-0.39, 0.29) is 0 Å². The van der Waals surface area contributed by atoms with Crippen molar-refractivity contribution < 1.29 is 4.74 Å². The van der Waals surface area contributed by atoms with Crippen molar-refractivity contribution in [3.8, 4) is 11.8 Å². The largest absolute Gasteiger partial charge is 0.492 e. The van der Waals surface area contributed by atoms with Gasteiger partial charge in [0.15, 0.2) is 0 Å². The first-order valence-electron chi connectivity index (χ1n) is 7.03. The molecule has 0 radical (unpaired) electrons.